The van der Waals surface area contributed by atoms with Crippen molar-refractivity contribution in [1.29, 1.82) is 0 Å². The van der Waals surface area contributed by atoms with Crippen molar-refractivity contribution in [2.75, 3.05) is 32.1 Å². The number of benzene rings is 2. The third-order valence-electron chi connectivity index (χ3n) is 4.14. The number of anilines is 1. The zero-order valence-corrected chi connectivity index (χ0v) is 15.9. The summed E-state index contributed by atoms with van der Waals surface area (Å²) in [5.74, 6) is -0.303. The topological polar surface area (TPSA) is 37.6 Å². The van der Waals surface area contributed by atoms with Crippen molar-refractivity contribution in [2.24, 2.45) is 0 Å². The molecule has 0 unspecified atom stereocenters. The molecule has 0 saturated heterocycles. The maximum absolute atomic E-state index is 13.1. The molecule has 0 aliphatic heterocycles. The number of carbonyl (C=O) groups excluding carboxylic acids is 1. The number of amides is 1. The van der Waals surface area contributed by atoms with E-state index in [9.17, 15) is 9.18 Å². The highest BCUT2D eigenvalue weighted by Gasteiger charge is 2.20. The average Bonchev–Trinajstić information content (AvgIpc) is 3.04. The number of halogens is 1. The highest BCUT2D eigenvalue weighted by molar-refractivity contribution is 7.22. The van der Waals surface area contributed by atoms with Crippen LogP contribution in [0.25, 0.3) is 10.2 Å². The summed E-state index contributed by atoms with van der Waals surface area (Å²) in [5.41, 5.74) is 1.71. The standard InChI is InChI=1S/C20H22FN3OS/c1-23(2)12-5-13-24(19(25)14-15-8-10-16(21)11-9-15)20-22-17-6-3-4-7-18(17)26-20/h3-4,6-11H,5,12-14H2,1-2H3/p+1. The number of nitrogens with zero attached hydrogens (tertiary/aromatic N) is 2. The number of hydrogen-bond donors (Lipinski definition) is 1. The van der Waals surface area contributed by atoms with Crippen LogP contribution < -0.4 is 9.80 Å². The predicted molar refractivity (Wildman–Crippen MR) is 104 cm³/mol. The number of nitrogens with one attached hydrogen (secondary N) is 1. The molecule has 3 aromatic rings. The van der Waals surface area contributed by atoms with Crippen LogP contribution in [0.5, 0.6) is 0 Å². The lowest BCUT2D eigenvalue weighted by Crippen LogP contribution is -3.05. The van der Waals surface area contributed by atoms with Crippen molar-refractivity contribution in [3.05, 3.63) is 59.9 Å². The highest BCUT2D eigenvalue weighted by Crippen LogP contribution is 2.29. The second-order valence-electron chi connectivity index (χ2n) is 6.62. The van der Waals surface area contributed by atoms with Crippen LogP contribution >= 0.6 is 11.3 Å². The van der Waals surface area contributed by atoms with E-state index in [2.05, 4.69) is 19.1 Å². The zero-order valence-electron chi connectivity index (χ0n) is 15.0. The molecular formula is C20H23FN3OS+. The van der Waals surface area contributed by atoms with Crippen LogP contribution in [-0.2, 0) is 11.2 Å². The van der Waals surface area contributed by atoms with Gasteiger partial charge in [-0.15, -0.1) is 0 Å². The Kier molecular flexibility index (Phi) is 5.96. The smallest absolute Gasteiger partial charge is 0.233 e. The summed E-state index contributed by atoms with van der Waals surface area (Å²) < 4.78 is 14.2. The van der Waals surface area contributed by atoms with Gasteiger partial charge in [0.25, 0.3) is 0 Å². The quantitative estimate of drug-likeness (QED) is 0.692. The second-order valence-corrected chi connectivity index (χ2v) is 7.63. The maximum atomic E-state index is 13.1. The largest absolute Gasteiger partial charge is 0.340 e. The van der Waals surface area contributed by atoms with E-state index in [4.69, 9.17) is 0 Å². The van der Waals surface area contributed by atoms with Crippen LogP contribution in [0.1, 0.15) is 12.0 Å². The summed E-state index contributed by atoms with van der Waals surface area (Å²) >= 11 is 1.53. The van der Waals surface area contributed by atoms with Gasteiger partial charge in [0.1, 0.15) is 5.82 Å². The molecule has 136 valence electrons. The van der Waals surface area contributed by atoms with Gasteiger partial charge in [-0.2, -0.15) is 0 Å². The monoisotopic (exact) mass is 372 g/mol. The minimum Gasteiger partial charge on any atom is -0.340 e. The molecule has 0 fully saturated rings. The van der Waals surface area contributed by atoms with Crippen molar-refractivity contribution in [1.82, 2.24) is 4.98 Å². The number of para-hydroxylation sites is 1. The van der Waals surface area contributed by atoms with Crippen LogP contribution in [0, 0.1) is 5.82 Å². The van der Waals surface area contributed by atoms with Gasteiger partial charge < -0.3 is 4.90 Å². The molecule has 0 spiro atoms. The Morgan fingerprint density at radius 2 is 1.88 bits per heavy atom. The van der Waals surface area contributed by atoms with Crippen LogP contribution in [0.2, 0.25) is 0 Å². The predicted octanol–water partition coefficient (Wildman–Crippen LogP) is 2.55. The molecule has 0 radical (unpaired) electrons. The number of fused-ring (bicyclic) bond motifs is 1. The van der Waals surface area contributed by atoms with Crippen molar-refractivity contribution in [2.45, 2.75) is 12.8 Å². The van der Waals surface area contributed by atoms with Gasteiger partial charge in [0.15, 0.2) is 5.13 Å². The van der Waals surface area contributed by atoms with E-state index >= 15 is 0 Å². The SMILES string of the molecule is C[NH+](C)CCCN(C(=O)Cc1ccc(F)cc1)c1nc2ccccc2s1. The lowest BCUT2D eigenvalue weighted by molar-refractivity contribution is -0.858. The zero-order chi connectivity index (χ0) is 18.5. The summed E-state index contributed by atoms with van der Waals surface area (Å²) in [6.07, 6.45) is 1.14. The molecule has 0 aliphatic rings. The van der Waals surface area contributed by atoms with Crippen LogP contribution in [0.4, 0.5) is 9.52 Å². The van der Waals surface area contributed by atoms with Gasteiger partial charge in [-0.25, -0.2) is 9.37 Å². The third kappa shape index (κ3) is 4.65. The molecule has 0 saturated carbocycles. The minimum absolute atomic E-state index is 0.00980. The first-order valence-electron chi connectivity index (χ1n) is 8.72. The van der Waals surface area contributed by atoms with Crippen molar-refractivity contribution in [3.8, 4) is 0 Å². The van der Waals surface area contributed by atoms with Gasteiger partial charge in [-0.05, 0) is 29.8 Å². The molecule has 0 aliphatic carbocycles. The average molecular weight is 372 g/mol. The Morgan fingerprint density at radius 1 is 1.15 bits per heavy atom. The minimum atomic E-state index is -0.293. The molecule has 2 aromatic carbocycles. The van der Waals surface area contributed by atoms with Gasteiger partial charge in [0.05, 0.1) is 37.3 Å². The van der Waals surface area contributed by atoms with Gasteiger partial charge in [-0.3, -0.25) is 9.69 Å². The molecule has 26 heavy (non-hydrogen) atoms. The number of aromatic nitrogens is 1. The molecular weight excluding hydrogens is 349 g/mol. The number of hydrogen-bond acceptors (Lipinski definition) is 3. The van der Waals surface area contributed by atoms with Gasteiger partial charge in [0, 0.05) is 13.0 Å². The van der Waals surface area contributed by atoms with E-state index in [0.717, 1.165) is 33.9 Å². The van der Waals surface area contributed by atoms with Crippen LogP contribution in [-0.4, -0.2) is 38.1 Å². The fourth-order valence-corrected chi connectivity index (χ4v) is 3.77. The molecule has 1 amide bonds. The first kappa shape index (κ1) is 18.5. The Balaban J connectivity index is 1.81. The van der Waals surface area contributed by atoms with Crippen molar-refractivity contribution >= 4 is 32.6 Å². The second kappa shape index (κ2) is 8.38. The lowest BCUT2D eigenvalue weighted by atomic mass is 10.1. The normalized spacial score (nSPS) is 11.2. The van der Waals surface area contributed by atoms with E-state index < -0.39 is 0 Å². The Morgan fingerprint density at radius 3 is 2.58 bits per heavy atom. The number of rotatable bonds is 7. The van der Waals surface area contributed by atoms with E-state index in [-0.39, 0.29) is 18.1 Å². The van der Waals surface area contributed by atoms with E-state index in [1.54, 1.807) is 17.0 Å². The summed E-state index contributed by atoms with van der Waals surface area (Å²) in [4.78, 5) is 20.7. The summed E-state index contributed by atoms with van der Waals surface area (Å²) in [7, 11) is 4.20. The first-order chi connectivity index (χ1) is 12.5. The van der Waals surface area contributed by atoms with E-state index in [0.29, 0.717) is 6.54 Å². The summed E-state index contributed by atoms with van der Waals surface area (Å²) in [6.45, 7) is 1.61. The molecule has 0 atom stereocenters. The number of carbonyl (C=O) groups is 1. The molecule has 0 bridgehead atoms. The Hall–Kier alpha value is -2.31. The van der Waals surface area contributed by atoms with Crippen molar-refractivity contribution < 1.29 is 14.1 Å². The molecule has 4 nitrogen and oxygen atoms in total. The highest BCUT2D eigenvalue weighted by atomic mass is 32.1. The maximum Gasteiger partial charge on any atom is 0.233 e. The lowest BCUT2D eigenvalue weighted by Gasteiger charge is -2.20. The summed E-state index contributed by atoms with van der Waals surface area (Å²) in [6, 6.07) is 14.0. The van der Waals surface area contributed by atoms with Crippen molar-refractivity contribution in [3.63, 3.8) is 0 Å². The number of thiazole rings is 1. The summed E-state index contributed by atoms with van der Waals surface area (Å²) in [5, 5.41) is 0.729. The Labute approximate surface area is 156 Å². The molecule has 1 aromatic heterocycles. The van der Waals surface area contributed by atoms with E-state index in [1.807, 2.05) is 24.3 Å². The molecule has 1 N–H and O–H groups in total. The van der Waals surface area contributed by atoms with Crippen LogP contribution in [0.3, 0.4) is 0 Å². The van der Waals surface area contributed by atoms with Crippen LogP contribution in [0.15, 0.2) is 48.5 Å². The van der Waals surface area contributed by atoms with Gasteiger partial charge in [0.2, 0.25) is 5.91 Å². The van der Waals surface area contributed by atoms with E-state index in [1.165, 1.54) is 28.4 Å². The third-order valence-corrected chi connectivity index (χ3v) is 5.20. The Bertz CT molecular complexity index is 843. The first-order valence-corrected chi connectivity index (χ1v) is 9.54. The molecule has 1 heterocycles. The van der Waals surface area contributed by atoms with Gasteiger partial charge >= 0.3 is 0 Å². The van der Waals surface area contributed by atoms with Gasteiger partial charge in [-0.1, -0.05) is 35.6 Å². The molecule has 3 rings (SSSR count). The fraction of sp³-hybridized carbons (Fsp3) is 0.300. The molecule has 6 heteroatoms. The number of quaternary nitrogens is 1. The fourth-order valence-electron chi connectivity index (χ4n) is 2.77.